The second-order valence-electron chi connectivity index (χ2n) is 13.3. The van der Waals surface area contributed by atoms with Gasteiger partial charge in [-0.05, 0) is 77.4 Å². The smallest absolute Gasteiger partial charge is 0.0547 e. The van der Waals surface area contributed by atoms with Crippen LogP contribution in [0.2, 0.25) is 0 Å². The quantitative estimate of drug-likeness (QED) is 0.177. The molecule has 238 valence electrons. The average molecular weight is 667 g/mol. The molecule has 0 spiro atoms. The van der Waals surface area contributed by atoms with E-state index < -0.39 is 0 Å². The standard InChI is InChI=1S/C48H30N2S/c1-3-13-31(14-4-1)40-29-35(30-42-39-19-9-12-22-47(39)51-48(40)42)50-44-21-11-8-18-37(44)41-27-32(24-26-45(41)50)33-23-25-38-36-17-7-10-20-43(36)49(46(38)28-33)34-15-5-2-6-16-34/h1-30H. The van der Waals surface area contributed by atoms with Crippen LogP contribution in [0.3, 0.4) is 0 Å². The number of hydrogen-bond acceptors (Lipinski definition) is 1. The van der Waals surface area contributed by atoms with Crippen LogP contribution in [0.5, 0.6) is 0 Å². The number of hydrogen-bond donors (Lipinski definition) is 0. The van der Waals surface area contributed by atoms with Crippen molar-refractivity contribution in [3.63, 3.8) is 0 Å². The van der Waals surface area contributed by atoms with Gasteiger partial charge in [-0.1, -0.05) is 121 Å². The zero-order valence-corrected chi connectivity index (χ0v) is 28.4. The Morgan fingerprint density at radius 1 is 0.314 bits per heavy atom. The molecule has 3 heterocycles. The van der Waals surface area contributed by atoms with Gasteiger partial charge < -0.3 is 9.13 Å². The van der Waals surface area contributed by atoms with Gasteiger partial charge in [-0.3, -0.25) is 0 Å². The first-order chi connectivity index (χ1) is 25.3. The van der Waals surface area contributed by atoms with E-state index in [1.807, 2.05) is 11.3 Å². The van der Waals surface area contributed by atoms with Crippen molar-refractivity contribution in [2.75, 3.05) is 0 Å². The largest absolute Gasteiger partial charge is 0.309 e. The van der Waals surface area contributed by atoms with E-state index >= 15 is 0 Å². The van der Waals surface area contributed by atoms with Crippen LogP contribution in [0.25, 0.3) is 97.4 Å². The van der Waals surface area contributed by atoms with Gasteiger partial charge in [-0.2, -0.15) is 0 Å². The Balaban J connectivity index is 1.15. The number of fused-ring (bicyclic) bond motifs is 9. The molecule has 0 saturated carbocycles. The molecule has 0 radical (unpaired) electrons. The molecule has 0 aliphatic rings. The molecule has 0 aliphatic carbocycles. The Labute approximate surface area is 298 Å². The maximum atomic E-state index is 2.46. The Morgan fingerprint density at radius 3 is 1.67 bits per heavy atom. The topological polar surface area (TPSA) is 9.86 Å². The van der Waals surface area contributed by atoms with Crippen LogP contribution in [0.4, 0.5) is 0 Å². The summed E-state index contributed by atoms with van der Waals surface area (Å²) in [6, 6.07) is 66.7. The van der Waals surface area contributed by atoms with Gasteiger partial charge in [0.25, 0.3) is 0 Å². The minimum atomic E-state index is 1.17. The van der Waals surface area contributed by atoms with Gasteiger partial charge in [-0.15, -0.1) is 11.3 Å². The first-order valence-corrected chi connectivity index (χ1v) is 18.3. The van der Waals surface area contributed by atoms with Crippen LogP contribution in [-0.2, 0) is 0 Å². The highest BCUT2D eigenvalue weighted by Gasteiger charge is 2.19. The first kappa shape index (κ1) is 28.4. The Morgan fingerprint density at radius 2 is 0.882 bits per heavy atom. The lowest BCUT2D eigenvalue weighted by Gasteiger charge is -2.13. The van der Waals surface area contributed by atoms with Gasteiger partial charge in [0.15, 0.2) is 0 Å². The Hall–Kier alpha value is -6.42. The van der Waals surface area contributed by atoms with Crippen molar-refractivity contribution in [1.82, 2.24) is 9.13 Å². The molecule has 3 aromatic heterocycles. The second kappa shape index (κ2) is 11.0. The molecule has 0 fully saturated rings. The van der Waals surface area contributed by atoms with E-state index in [9.17, 15) is 0 Å². The summed E-state index contributed by atoms with van der Waals surface area (Å²) in [4.78, 5) is 0. The fraction of sp³-hybridized carbons (Fsp3) is 0. The number of aromatic nitrogens is 2. The third-order valence-corrected chi connectivity index (χ3v) is 11.7. The van der Waals surface area contributed by atoms with Crippen molar-refractivity contribution < 1.29 is 0 Å². The van der Waals surface area contributed by atoms with Crippen LogP contribution in [0.15, 0.2) is 182 Å². The lowest BCUT2D eigenvalue weighted by molar-refractivity contribution is 1.18. The third-order valence-electron chi connectivity index (χ3n) is 10.5. The summed E-state index contributed by atoms with van der Waals surface area (Å²) < 4.78 is 7.51. The van der Waals surface area contributed by atoms with Crippen molar-refractivity contribution >= 4 is 75.1 Å². The van der Waals surface area contributed by atoms with Gasteiger partial charge in [-0.25, -0.2) is 0 Å². The average Bonchev–Trinajstić information content (AvgIpc) is 3.85. The Bertz CT molecular complexity index is 3130. The molecule has 11 aromatic rings. The summed E-state index contributed by atoms with van der Waals surface area (Å²) in [5.74, 6) is 0. The third kappa shape index (κ3) is 4.29. The van der Waals surface area contributed by atoms with E-state index in [2.05, 4.69) is 191 Å². The summed E-state index contributed by atoms with van der Waals surface area (Å²) in [6.07, 6.45) is 0. The Kier molecular flexibility index (Phi) is 6.16. The molecule has 2 nitrogen and oxygen atoms in total. The number of nitrogens with zero attached hydrogens (tertiary/aromatic N) is 2. The summed E-state index contributed by atoms with van der Waals surface area (Å²) in [5, 5.41) is 7.65. The van der Waals surface area contributed by atoms with Gasteiger partial charge >= 0.3 is 0 Å². The number of thiophene rings is 1. The molecule has 0 saturated heterocycles. The van der Waals surface area contributed by atoms with E-state index in [0.717, 1.165) is 0 Å². The van der Waals surface area contributed by atoms with Gasteiger partial charge in [0.2, 0.25) is 0 Å². The molecule has 51 heavy (non-hydrogen) atoms. The number of benzene rings is 8. The zero-order chi connectivity index (χ0) is 33.5. The minimum absolute atomic E-state index is 1.17. The van der Waals surface area contributed by atoms with Crippen LogP contribution < -0.4 is 0 Å². The molecule has 0 bridgehead atoms. The highest BCUT2D eigenvalue weighted by atomic mass is 32.1. The normalized spacial score (nSPS) is 11.9. The maximum Gasteiger partial charge on any atom is 0.0547 e. The fourth-order valence-electron chi connectivity index (χ4n) is 8.21. The predicted molar refractivity (Wildman–Crippen MR) is 219 cm³/mol. The van der Waals surface area contributed by atoms with Crippen molar-refractivity contribution in [3.05, 3.63) is 182 Å². The number of para-hydroxylation sites is 3. The van der Waals surface area contributed by atoms with Crippen LogP contribution in [0, 0.1) is 0 Å². The monoisotopic (exact) mass is 666 g/mol. The maximum absolute atomic E-state index is 2.46. The zero-order valence-electron chi connectivity index (χ0n) is 27.6. The van der Waals surface area contributed by atoms with Crippen molar-refractivity contribution in [2.24, 2.45) is 0 Å². The first-order valence-electron chi connectivity index (χ1n) is 17.4. The van der Waals surface area contributed by atoms with Gasteiger partial charge in [0.05, 0.1) is 22.1 Å². The molecular weight excluding hydrogens is 637 g/mol. The lowest BCUT2D eigenvalue weighted by atomic mass is 10.0. The highest BCUT2D eigenvalue weighted by Crippen LogP contribution is 2.44. The molecular formula is C48H30N2S. The summed E-state index contributed by atoms with van der Waals surface area (Å²) in [5.41, 5.74) is 12.1. The summed E-state index contributed by atoms with van der Waals surface area (Å²) in [7, 11) is 0. The van der Waals surface area contributed by atoms with Crippen molar-refractivity contribution in [2.45, 2.75) is 0 Å². The van der Waals surface area contributed by atoms with Crippen LogP contribution in [-0.4, -0.2) is 9.13 Å². The molecule has 0 aliphatic heterocycles. The van der Waals surface area contributed by atoms with Crippen LogP contribution >= 0.6 is 11.3 Å². The van der Waals surface area contributed by atoms with Crippen molar-refractivity contribution in [1.29, 1.82) is 0 Å². The van der Waals surface area contributed by atoms with Crippen LogP contribution in [0.1, 0.15) is 0 Å². The second-order valence-corrected chi connectivity index (χ2v) is 14.4. The molecule has 0 atom stereocenters. The molecule has 11 rings (SSSR count). The number of rotatable bonds is 4. The molecule has 0 amide bonds. The van der Waals surface area contributed by atoms with Gasteiger partial charge in [0.1, 0.15) is 0 Å². The molecule has 0 N–H and O–H groups in total. The fourth-order valence-corrected chi connectivity index (χ4v) is 9.43. The lowest BCUT2D eigenvalue weighted by Crippen LogP contribution is -1.95. The summed E-state index contributed by atoms with van der Waals surface area (Å²) >= 11 is 1.89. The molecule has 3 heteroatoms. The highest BCUT2D eigenvalue weighted by molar-refractivity contribution is 7.26. The molecule has 0 unspecified atom stereocenters. The van der Waals surface area contributed by atoms with Gasteiger partial charge in [0, 0.05) is 58.7 Å². The SMILES string of the molecule is c1ccc(-c2cc(-n3c4ccccc4c4cc(-c5ccc6c7ccccc7n(-c7ccccc7)c6c5)ccc43)cc3c2sc2ccccc23)cc1. The van der Waals surface area contributed by atoms with E-state index in [1.165, 1.54) is 97.4 Å². The molecule has 8 aromatic carbocycles. The van der Waals surface area contributed by atoms with E-state index in [4.69, 9.17) is 0 Å². The van der Waals surface area contributed by atoms with Crippen molar-refractivity contribution in [3.8, 4) is 33.6 Å². The van der Waals surface area contributed by atoms with E-state index in [0.29, 0.717) is 0 Å². The van der Waals surface area contributed by atoms with E-state index in [1.54, 1.807) is 0 Å². The predicted octanol–water partition coefficient (Wildman–Crippen LogP) is 13.6. The summed E-state index contributed by atoms with van der Waals surface area (Å²) in [6.45, 7) is 0. The van der Waals surface area contributed by atoms with E-state index in [-0.39, 0.29) is 0 Å². The minimum Gasteiger partial charge on any atom is -0.309 e.